The minimum atomic E-state index is -0.478. The Morgan fingerprint density at radius 3 is 2.64 bits per heavy atom. The molecule has 4 aromatic rings. The number of aromatic nitrogens is 3. The largest absolute Gasteiger partial charge is 0.494 e. The van der Waals surface area contributed by atoms with Gasteiger partial charge in [-0.05, 0) is 17.5 Å². The van der Waals surface area contributed by atoms with Gasteiger partial charge in [0.2, 0.25) is 5.95 Å². The van der Waals surface area contributed by atoms with Gasteiger partial charge < -0.3 is 35.3 Å². The van der Waals surface area contributed by atoms with E-state index in [2.05, 4.69) is 59.3 Å². The van der Waals surface area contributed by atoms with E-state index < -0.39 is 6.09 Å². The molecule has 0 bridgehead atoms. The number of rotatable bonds is 8. The van der Waals surface area contributed by atoms with Crippen LogP contribution in [0.5, 0.6) is 5.75 Å². The van der Waals surface area contributed by atoms with Crippen molar-refractivity contribution in [3.05, 3.63) is 54.4 Å². The molecule has 0 atom stereocenters. The quantitative estimate of drug-likeness (QED) is 0.270. The zero-order valence-electron chi connectivity index (χ0n) is 23.6. The van der Waals surface area contributed by atoms with Crippen LogP contribution >= 0.6 is 0 Å². The number of nitrogens with zero attached hydrogens (tertiary/aromatic N) is 4. The number of fused-ring (bicyclic) bond motifs is 1. The molecule has 4 N–H and O–H groups in total. The average molecular weight is 532 g/mol. The van der Waals surface area contributed by atoms with E-state index >= 15 is 0 Å². The summed E-state index contributed by atoms with van der Waals surface area (Å²) in [5, 5.41) is 6.87. The maximum atomic E-state index is 11.4. The van der Waals surface area contributed by atoms with Crippen molar-refractivity contribution in [2.45, 2.75) is 26.2 Å². The summed E-state index contributed by atoms with van der Waals surface area (Å²) in [5.74, 6) is 1.01. The monoisotopic (exact) mass is 531 g/mol. The van der Waals surface area contributed by atoms with Crippen LogP contribution in [0.25, 0.3) is 22.2 Å². The van der Waals surface area contributed by atoms with Crippen molar-refractivity contribution in [1.82, 2.24) is 19.9 Å². The van der Waals surface area contributed by atoms with E-state index in [1.807, 2.05) is 43.4 Å². The molecule has 206 valence electrons. The highest BCUT2D eigenvalue weighted by molar-refractivity contribution is 5.96. The number of anilines is 4. The summed E-state index contributed by atoms with van der Waals surface area (Å²) < 4.78 is 12.9. The lowest BCUT2D eigenvalue weighted by atomic mass is 9.85. The Balaban J connectivity index is 1.69. The van der Waals surface area contributed by atoms with Crippen LogP contribution in [0.2, 0.25) is 0 Å². The fourth-order valence-corrected chi connectivity index (χ4v) is 4.50. The fourth-order valence-electron chi connectivity index (χ4n) is 4.50. The number of amides is 1. The van der Waals surface area contributed by atoms with Gasteiger partial charge in [0, 0.05) is 61.6 Å². The maximum Gasteiger partial charge on any atom is 0.406 e. The Kier molecular flexibility index (Phi) is 7.85. The molecule has 1 amide bonds. The number of benzene rings is 2. The zero-order chi connectivity index (χ0) is 28.3. The highest BCUT2D eigenvalue weighted by Crippen LogP contribution is 2.39. The number of carbonyl (C=O) groups is 1. The average Bonchev–Trinajstić information content (AvgIpc) is 3.24. The number of aryl methyl sites for hydroxylation is 1. The van der Waals surface area contributed by atoms with Crippen LogP contribution < -0.4 is 26.0 Å². The molecule has 0 saturated heterocycles. The molecule has 39 heavy (non-hydrogen) atoms. The number of likely N-dealkylation sites (N-methyl/N-ethyl adjacent to an activating group) is 1. The first-order valence-electron chi connectivity index (χ1n) is 12.8. The number of nitrogens with two attached hydrogens (primary N) is 1. The highest BCUT2D eigenvalue weighted by Gasteiger charge is 2.24. The van der Waals surface area contributed by atoms with E-state index in [0.29, 0.717) is 29.6 Å². The van der Waals surface area contributed by atoms with Crippen LogP contribution in [-0.2, 0) is 17.2 Å². The standard InChI is InChI=1S/C29H37N7O3/c1-29(2,3)20-16-32-27(34-26(20)19-17-36(6)23-11-9-8-10-18(19)23)33-22-14-21(30)24(15-25(22)38-7)35(5)12-13-39-28(37)31-4/h8-11,14-17H,12-13,30H2,1-7H3,(H,31,37)(H,32,33,34). The summed E-state index contributed by atoms with van der Waals surface area (Å²) in [6, 6.07) is 11.9. The molecule has 4 rings (SSSR count). The van der Waals surface area contributed by atoms with Crippen molar-refractivity contribution in [3.8, 4) is 17.0 Å². The van der Waals surface area contributed by atoms with Crippen molar-refractivity contribution in [1.29, 1.82) is 0 Å². The van der Waals surface area contributed by atoms with Gasteiger partial charge in [-0.15, -0.1) is 0 Å². The topological polar surface area (TPSA) is 120 Å². The molecular formula is C29H37N7O3. The number of nitrogens with one attached hydrogen (secondary N) is 2. The number of hydrogen-bond acceptors (Lipinski definition) is 8. The number of methoxy groups -OCH3 is 1. The van der Waals surface area contributed by atoms with Gasteiger partial charge in [-0.2, -0.15) is 0 Å². The number of alkyl carbamates (subject to hydrolysis) is 1. The van der Waals surface area contributed by atoms with E-state index in [4.69, 9.17) is 20.2 Å². The van der Waals surface area contributed by atoms with Crippen LogP contribution in [0, 0.1) is 0 Å². The molecule has 0 spiro atoms. The third kappa shape index (κ3) is 5.84. The Morgan fingerprint density at radius 1 is 1.21 bits per heavy atom. The molecule has 10 nitrogen and oxygen atoms in total. The van der Waals surface area contributed by atoms with Gasteiger partial charge in [-0.3, -0.25) is 0 Å². The summed E-state index contributed by atoms with van der Waals surface area (Å²) in [6.07, 6.45) is 3.52. The predicted molar refractivity (Wildman–Crippen MR) is 157 cm³/mol. The molecule has 0 saturated carbocycles. The van der Waals surface area contributed by atoms with Crippen LogP contribution in [0.3, 0.4) is 0 Å². The normalized spacial score (nSPS) is 11.4. The number of hydrogen-bond donors (Lipinski definition) is 3. The smallest absolute Gasteiger partial charge is 0.406 e. The Hall–Kier alpha value is -4.47. The Bertz CT molecular complexity index is 1490. The van der Waals surface area contributed by atoms with Crippen LogP contribution in [-0.4, -0.2) is 55.0 Å². The maximum absolute atomic E-state index is 11.4. The molecule has 0 aliphatic carbocycles. The minimum Gasteiger partial charge on any atom is -0.494 e. The summed E-state index contributed by atoms with van der Waals surface area (Å²) in [6.45, 7) is 7.15. The molecule has 2 aromatic carbocycles. The second-order valence-corrected chi connectivity index (χ2v) is 10.4. The van der Waals surface area contributed by atoms with Crippen molar-refractivity contribution < 1.29 is 14.3 Å². The third-order valence-electron chi connectivity index (χ3n) is 6.62. The predicted octanol–water partition coefficient (Wildman–Crippen LogP) is 5.06. The van der Waals surface area contributed by atoms with E-state index in [1.54, 1.807) is 13.2 Å². The summed E-state index contributed by atoms with van der Waals surface area (Å²) in [5.41, 5.74) is 12.3. The molecule has 0 fully saturated rings. The van der Waals surface area contributed by atoms with E-state index in [9.17, 15) is 4.79 Å². The lowest BCUT2D eigenvalue weighted by Gasteiger charge is -2.24. The molecule has 10 heteroatoms. The second-order valence-electron chi connectivity index (χ2n) is 10.4. The minimum absolute atomic E-state index is 0.166. The van der Waals surface area contributed by atoms with Gasteiger partial charge in [-0.1, -0.05) is 39.0 Å². The highest BCUT2D eigenvalue weighted by atomic mass is 16.5. The second kappa shape index (κ2) is 11.1. The summed E-state index contributed by atoms with van der Waals surface area (Å²) in [7, 11) is 7.03. The molecule has 2 aromatic heterocycles. The van der Waals surface area contributed by atoms with E-state index in [1.165, 1.54) is 7.05 Å². The van der Waals surface area contributed by atoms with Gasteiger partial charge in [0.15, 0.2) is 0 Å². The van der Waals surface area contributed by atoms with Gasteiger partial charge in [-0.25, -0.2) is 14.8 Å². The summed E-state index contributed by atoms with van der Waals surface area (Å²) >= 11 is 0. The molecule has 0 unspecified atom stereocenters. The van der Waals surface area contributed by atoms with Gasteiger partial charge >= 0.3 is 6.09 Å². The first-order chi connectivity index (χ1) is 18.5. The SMILES string of the molecule is CNC(=O)OCCN(C)c1cc(OC)c(Nc2ncc(C(C)(C)C)c(-c3cn(C)c4ccccc34)n2)cc1N. The Labute approximate surface area is 229 Å². The van der Waals surface area contributed by atoms with Crippen molar-refractivity contribution >= 4 is 40.0 Å². The van der Waals surface area contributed by atoms with Gasteiger partial charge in [0.1, 0.15) is 12.4 Å². The van der Waals surface area contributed by atoms with Gasteiger partial charge in [0.25, 0.3) is 0 Å². The molecular weight excluding hydrogens is 494 g/mol. The van der Waals surface area contributed by atoms with E-state index in [0.717, 1.165) is 33.4 Å². The van der Waals surface area contributed by atoms with Crippen LogP contribution in [0.1, 0.15) is 26.3 Å². The first-order valence-corrected chi connectivity index (χ1v) is 12.8. The third-order valence-corrected chi connectivity index (χ3v) is 6.62. The summed E-state index contributed by atoms with van der Waals surface area (Å²) in [4.78, 5) is 22.9. The van der Waals surface area contributed by atoms with Crippen molar-refractivity contribution in [2.24, 2.45) is 7.05 Å². The van der Waals surface area contributed by atoms with Gasteiger partial charge in [0.05, 0.1) is 36.4 Å². The number of para-hydroxylation sites is 1. The van der Waals surface area contributed by atoms with Crippen molar-refractivity contribution in [2.75, 3.05) is 50.3 Å². The molecule has 0 aliphatic rings. The molecule has 0 radical (unpaired) electrons. The lowest BCUT2D eigenvalue weighted by molar-refractivity contribution is 0.151. The number of nitrogen functional groups attached to an aromatic ring is 1. The number of ether oxygens (including phenoxy) is 2. The van der Waals surface area contributed by atoms with Crippen molar-refractivity contribution in [3.63, 3.8) is 0 Å². The molecule has 2 heterocycles. The number of carbonyl (C=O) groups excluding carboxylic acids is 1. The fraction of sp³-hybridized carbons (Fsp3) is 0.345. The molecule has 0 aliphatic heterocycles. The zero-order valence-corrected chi connectivity index (χ0v) is 23.6. The first kappa shape index (κ1) is 27.6. The van der Waals surface area contributed by atoms with Crippen LogP contribution in [0.15, 0.2) is 48.8 Å². The lowest BCUT2D eigenvalue weighted by Crippen LogP contribution is -2.27. The Morgan fingerprint density at radius 2 is 1.95 bits per heavy atom. The van der Waals surface area contributed by atoms with Crippen LogP contribution in [0.4, 0.5) is 27.8 Å². The van der Waals surface area contributed by atoms with E-state index in [-0.39, 0.29) is 12.0 Å².